The Hall–Kier alpha value is -3.48. The topological polar surface area (TPSA) is 95.9 Å². The lowest BCUT2D eigenvalue weighted by molar-refractivity contribution is -0.151. The van der Waals surface area contributed by atoms with Gasteiger partial charge in [-0.1, -0.05) is 259 Å². The number of aliphatic hydroxyl groups is 2. The van der Waals surface area contributed by atoms with E-state index in [9.17, 15) is 19.8 Å². The second kappa shape index (κ2) is 51.5. The third-order valence-electron chi connectivity index (χ3n) is 11.6. The van der Waals surface area contributed by atoms with Gasteiger partial charge >= 0.3 is 5.97 Å². The molecule has 0 saturated carbocycles. The summed E-state index contributed by atoms with van der Waals surface area (Å²) in [7, 11) is 0. The van der Waals surface area contributed by atoms with Gasteiger partial charge in [-0.3, -0.25) is 9.59 Å². The van der Waals surface area contributed by atoms with Crippen LogP contribution in [0.4, 0.5) is 0 Å². The van der Waals surface area contributed by atoms with E-state index in [0.717, 1.165) is 83.5 Å². The third kappa shape index (κ3) is 46.8. The highest BCUT2D eigenvalue weighted by atomic mass is 16.5. The monoisotopic (exact) mass is 902 g/mol. The molecule has 370 valence electrons. The molecule has 0 spiro atoms. The fourth-order valence-electron chi connectivity index (χ4n) is 7.53. The second-order valence-corrected chi connectivity index (χ2v) is 17.8. The molecule has 0 aromatic rings. The Morgan fingerprint density at radius 2 is 0.846 bits per heavy atom. The van der Waals surface area contributed by atoms with Crippen molar-refractivity contribution in [2.24, 2.45) is 0 Å². The van der Waals surface area contributed by atoms with Gasteiger partial charge in [-0.25, -0.2) is 0 Å². The number of amides is 1. The van der Waals surface area contributed by atoms with E-state index in [2.05, 4.69) is 74.7 Å². The highest BCUT2D eigenvalue weighted by molar-refractivity contribution is 5.77. The lowest BCUT2D eigenvalue weighted by atomic mass is 10.0. The maximum Gasteiger partial charge on any atom is 0.306 e. The van der Waals surface area contributed by atoms with Crippen LogP contribution in [0.3, 0.4) is 0 Å². The Morgan fingerprint density at radius 3 is 1.29 bits per heavy atom. The first kappa shape index (κ1) is 61.5. The number of carbonyl (C=O) groups excluding carboxylic acids is 2. The lowest BCUT2D eigenvalue weighted by Crippen LogP contribution is -2.46. The van der Waals surface area contributed by atoms with Crippen molar-refractivity contribution in [2.75, 3.05) is 6.61 Å². The smallest absolute Gasteiger partial charge is 0.306 e. The lowest BCUT2D eigenvalue weighted by Gasteiger charge is -2.24. The van der Waals surface area contributed by atoms with Crippen molar-refractivity contribution in [2.45, 2.75) is 244 Å². The Kier molecular flexibility index (Phi) is 48.7. The minimum atomic E-state index is -0.818. The van der Waals surface area contributed by atoms with Crippen LogP contribution in [-0.4, -0.2) is 46.9 Å². The van der Waals surface area contributed by atoms with Crippen LogP contribution in [0, 0.1) is 0 Å². The minimum absolute atomic E-state index is 0.0117. The zero-order chi connectivity index (χ0) is 47.4. The third-order valence-corrected chi connectivity index (χ3v) is 11.6. The summed E-state index contributed by atoms with van der Waals surface area (Å²) in [4.78, 5) is 26.2. The van der Waals surface area contributed by atoms with Gasteiger partial charge < -0.3 is 20.3 Å². The summed E-state index contributed by atoms with van der Waals surface area (Å²) < 4.78 is 5.89. The molecular weight excluding hydrogens is 803 g/mol. The van der Waals surface area contributed by atoms with Crippen molar-refractivity contribution in [3.05, 3.63) is 109 Å². The molecule has 0 fully saturated rings. The van der Waals surface area contributed by atoms with Crippen molar-refractivity contribution < 1.29 is 24.5 Å². The molecule has 0 heterocycles. The maximum absolute atomic E-state index is 13.2. The fourth-order valence-corrected chi connectivity index (χ4v) is 7.53. The van der Waals surface area contributed by atoms with Gasteiger partial charge in [-0.05, 0) is 64.2 Å². The molecular formula is C59H99NO5. The molecule has 1 amide bonds. The van der Waals surface area contributed by atoms with Crippen molar-refractivity contribution in [1.29, 1.82) is 0 Å². The van der Waals surface area contributed by atoms with Crippen LogP contribution in [0.5, 0.6) is 0 Å². The number of hydrogen-bond donors (Lipinski definition) is 3. The molecule has 65 heavy (non-hydrogen) atoms. The number of aliphatic hydroxyl groups excluding tert-OH is 2. The molecule has 0 aromatic carbocycles. The van der Waals surface area contributed by atoms with Crippen LogP contribution in [0.1, 0.15) is 226 Å². The molecule has 0 saturated heterocycles. The van der Waals surface area contributed by atoms with E-state index in [1.165, 1.54) is 96.3 Å². The average Bonchev–Trinajstić information content (AvgIpc) is 3.30. The van der Waals surface area contributed by atoms with Crippen LogP contribution in [0.15, 0.2) is 109 Å². The Bertz CT molecular complexity index is 1330. The maximum atomic E-state index is 13.2. The molecule has 0 aliphatic rings. The second-order valence-electron chi connectivity index (χ2n) is 17.8. The van der Waals surface area contributed by atoms with Crippen LogP contribution in [-0.2, 0) is 14.3 Å². The molecule has 0 rings (SSSR count). The van der Waals surface area contributed by atoms with Gasteiger partial charge in [0.1, 0.15) is 6.10 Å². The summed E-state index contributed by atoms with van der Waals surface area (Å²) in [6.07, 6.45) is 70.0. The van der Waals surface area contributed by atoms with Crippen molar-refractivity contribution in [3.8, 4) is 0 Å². The van der Waals surface area contributed by atoms with E-state index in [1.807, 2.05) is 60.8 Å². The van der Waals surface area contributed by atoms with Crippen molar-refractivity contribution in [1.82, 2.24) is 5.32 Å². The molecule has 0 aliphatic carbocycles. The van der Waals surface area contributed by atoms with Crippen molar-refractivity contribution >= 4 is 11.9 Å². The first-order valence-electron chi connectivity index (χ1n) is 26.7. The number of hydrogen-bond acceptors (Lipinski definition) is 5. The molecule has 3 N–H and O–H groups in total. The molecule has 3 unspecified atom stereocenters. The number of nitrogens with one attached hydrogen (secondary N) is 1. The van der Waals surface area contributed by atoms with Gasteiger partial charge in [0.05, 0.1) is 25.2 Å². The molecule has 0 aromatic heterocycles. The Balaban J connectivity index is 4.77. The van der Waals surface area contributed by atoms with Crippen LogP contribution in [0.25, 0.3) is 0 Å². The summed E-state index contributed by atoms with van der Waals surface area (Å²) in [5, 5.41) is 23.8. The first-order chi connectivity index (χ1) is 32.0. The minimum Gasteiger partial charge on any atom is -0.462 e. The normalized spacial score (nSPS) is 14.1. The average molecular weight is 902 g/mol. The van der Waals surface area contributed by atoms with Gasteiger partial charge in [-0.2, -0.15) is 0 Å². The largest absolute Gasteiger partial charge is 0.462 e. The SMILES string of the molecule is CC\C=C/C=C/C=C/C=C\C=C\C=C\CCCC(CC(=O)NC(CO)C(O)CCCCCCCCCCCCCCC)OC(=O)CCCCCCC/C=C/C=C/C=C/CCCCCCC. The van der Waals surface area contributed by atoms with E-state index in [1.54, 1.807) is 0 Å². The predicted molar refractivity (Wildman–Crippen MR) is 282 cm³/mol. The fraction of sp³-hybridized carbons (Fsp3) is 0.661. The standard InChI is InChI=1S/C59H99NO5/c1-4-7-10-13-16-19-22-25-27-28-29-31-34-37-40-43-46-49-52-59(64)65-55(50-47-44-41-38-35-33-30-26-23-20-17-14-11-8-5-2)53-58(63)60-56(54-61)57(62)51-48-45-42-39-36-32-24-21-18-15-12-9-6-3/h8,11,14,17,20,22-23,25-31,33,35,38,41,55-57,61-62H,4-7,9-10,12-13,15-16,18-19,21,24,32,34,36-37,39-40,42-54H2,1-3H3,(H,60,63)/b11-8-,17-14+,23-20+,25-22+,28-27+,30-26-,31-29+,35-33+,41-38+. The summed E-state index contributed by atoms with van der Waals surface area (Å²) in [6, 6.07) is -0.737. The number of esters is 1. The Labute approximate surface area is 400 Å². The number of allylic oxidation sites excluding steroid dienone is 18. The van der Waals surface area contributed by atoms with Gasteiger partial charge in [0.2, 0.25) is 5.91 Å². The highest BCUT2D eigenvalue weighted by Gasteiger charge is 2.24. The van der Waals surface area contributed by atoms with Gasteiger partial charge in [0.15, 0.2) is 0 Å². The summed E-state index contributed by atoms with van der Waals surface area (Å²) in [6.45, 7) is 6.29. The van der Waals surface area contributed by atoms with E-state index < -0.39 is 18.2 Å². The van der Waals surface area contributed by atoms with E-state index in [0.29, 0.717) is 19.3 Å². The molecule has 6 nitrogen and oxygen atoms in total. The van der Waals surface area contributed by atoms with Gasteiger partial charge in [-0.15, -0.1) is 0 Å². The van der Waals surface area contributed by atoms with E-state index >= 15 is 0 Å². The molecule has 0 aliphatic heterocycles. The number of unbranched alkanes of at least 4 members (excludes halogenated alkanes) is 23. The predicted octanol–water partition coefficient (Wildman–Crippen LogP) is 16.3. The zero-order valence-electron chi connectivity index (χ0n) is 42.1. The molecule has 0 radical (unpaired) electrons. The number of ether oxygens (including phenoxy) is 1. The van der Waals surface area contributed by atoms with Gasteiger partial charge in [0.25, 0.3) is 0 Å². The van der Waals surface area contributed by atoms with E-state index in [-0.39, 0.29) is 24.9 Å². The molecule has 0 bridgehead atoms. The van der Waals surface area contributed by atoms with Crippen LogP contribution in [0.2, 0.25) is 0 Å². The quantitative estimate of drug-likeness (QED) is 0.0321. The summed E-state index contributed by atoms with van der Waals surface area (Å²) in [5.41, 5.74) is 0. The molecule has 6 heteroatoms. The van der Waals surface area contributed by atoms with Crippen molar-refractivity contribution in [3.63, 3.8) is 0 Å². The number of carbonyl (C=O) groups is 2. The number of rotatable bonds is 46. The summed E-state index contributed by atoms with van der Waals surface area (Å²) >= 11 is 0. The molecule has 3 atom stereocenters. The van der Waals surface area contributed by atoms with Gasteiger partial charge in [0, 0.05) is 6.42 Å². The van der Waals surface area contributed by atoms with E-state index in [4.69, 9.17) is 4.74 Å². The highest BCUT2D eigenvalue weighted by Crippen LogP contribution is 2.17. The summed E-state index contributed by atoms with van der Waals surface area (Å²) in [5.74, 6) is -0.580. The first-order valence-corrected chi connectivity index (χ1v) is 26.7. The Morgan fingerprint density at radius 1 is 0.462 bits per heavy atom. The van der Waals surface area contributed by atoms with Crippen LogP contribution >= 0.6 is 0 Å². The van der Waals surface area contributed by atoms with Crippen LogP contribution < -0.4 is 5.32 Å². The zero-order valence-corrected chi connectivity index (χ0v) is 42.1.